The smallest absolute Gasteiger partial charge is 0.306 e. The molecule has 0 aliphatic heterocycles. The fourth-order valence-corrected chi connectivity index (χ4v) is 1.38. The van der Waals surface area contributed by atoms with Crippen LogP contribution in [0.25, 0.3) is 0 Å². The quantitative estimate of drug-likeness (QED) is 0.508. The van der Waals surface area contributed by atoms with Crippen LogP contribution in [0.1, 0.15) is 39.5 Å². The van der Waals surface area contributed by atoms with Gasteiger partial charge in [-0.2, -0.15) is 0 Å². The highest BCUT2D eigenvalue weighted by Crippen LogP contribution is 2.09. The number of carboxylic acids is 1. The highest BCUT2D eigenvalue weighted by molar-refractivity contribution is 5.69. The van der Waals surface area contributed by atoms with Crippen molar-refractivity contribution >= 4 is 5.97 Å². The predicted octanol–water partition coefficient (Wildman–Crippen LogP) is 1.24. The van der Waals surface area contributed by atoms with Gasteiger partial charge in [-0.1, -0.05) is 13.3 Å². The van der Waals surface area contributed by atoms with Crippen molar-refractivity contribution in [3.63, 3.8) is 0 Å². The van der Waals surface area contributed by atoms with Crippen LogP contribution in [0, 0.1) is 5.92 Å². The molecule has 0 rings (SSSR count). The lowest BCUT2D eigenvalue weighted by atomic mass is 10.0. The van der Waals surface area contributed by atoms with Gasteiger partial charge in [0.15, 0.2) is 0 Å². The normalized spacial score (nSPS) is 14.9. The van der Waals surface area contributed by atoms with E-state index in [1.807, 2.05) is 0 Å². The van der Waals surface area contributed by atoms with Crippen molar-refractivity contribution in [2.24, 2.45) is 5.92 Å². The Morgan fingerprint density at radius 1 is 1.27 bits per heavy atom. The third kappa shape index (κ3) is 8.39. The second-order valence-electron chi connectivity index (χ2n) is 4.10. The molecule has 0 bridgehead atoms. The molecule has 0 aromatic heterocycles. The average molecular weight is 217 g/mol. The molecule has 90 valence electrons. The molecular weight excluding hydrogens is 194 g/mol. The number of nitrogens with one attached hydrogen (secondary N) is 1. The molecule has 4 heteroatoms. The van der Waals surface area contributed by atoms with Gasteiger partial charge in [0.1, 0.15) is 0 Å². The lowest BCUT2D eigenvalue weighted by Gasteiger charge is -2.13. The standard InChI is InChI=1S/C11H23NO3/c1-9(11(14)15)5-3-6-10(2)12-7-4-8-13/h9-10,12-13H,3-8H2,1-2H3,(H,14,15). The lowest BCUT2D eigenvalue weighted by molar-refractivity contribution is -0.141. The fraction of sp³-hybridized carbons (Fsp3) is 0.909. The monoisotopic (exact) mass is 217 g/mol. The maximum atomic E-state index is 10.5. The largest absolute Gasteiger partial charge is 0.481 e. The molecule has 0 radical (unpaired) electrons. The Hall–Kier alpha value is -0.610. The Kier molecular flexibility index (Phi) is 8.33. The van der Waals surface area contributed by atoms with Crippen LogP contribution < -0.4 is 5.32 Å². The molecule has 0 spiro atoms. The topological polar surface area (TPSA) is 69.6 Å². The van der Waals surface area contributed by atoms with Crippen molar-refractivity contribution < 1.29 is 15.0 Å². The first-order chi connectivity index (χ1) is 7.07. The number of aliphatic hydroxyl groups excluding tert-OH is 1. The summed E-state index contributed by atoms with van der Waals surface area (Å²) in [5.74, 6) is -0.953. The Morgan fingerprint density at radius 3 is 2.47 bits per heavy atom. The zero-order valence-corrected chi connectivity index (χ0v) is 9.70. The maximum absolute atomic E-state index is 10.5. The Morgan fingerprint density at radius 2 is 1.93 bits per heavy atom. The van der Waals surface area contributed by atoms with Gasteiger partial charge in [0.2, 0.25) is 0 Å². The van der Waals surface area contributed by atoms with Gasteiger partial charge < -0.3 is 15.5 Å². The van der Waals surface area contributed by atoms with Gasteiger partial charge in [0.25, 0.3) is 0 Å². The van der Waals surface area contributed by atoms with Gasteiger partial charge in [-0.3, -0.25) is 4.79 Å². The number of carbonyl (C=O) groups is 1. The minimum atomic E-state index is -0.712. The number of carboxylic acid groups (broad SMARTS) is 1. The third-order valence-corrected chi connectivity index (χ3v) is 2.52. The first-order valence-corrected chi connectivity index (χ1v) is 5.65. The Balaban J connectivity index is 3.38. The average Bonchev–Trinajstić information content (AvgIpc) is 2.18. The van der Waals surface area contributed by atoms with Crippen molar-refractivity contribution in [3.05, 3.63) is 0 Å². The second-order valence-corrected chi connectivity index (χ2v) is 4.10. The van der Waals surface area contributed by atoms with E-state index in [1.165, 1.54) is 0 Å². The van der Waals surface area contributed by atoms with Crippen LogP contribution in [0.4, 0.5) is 0 Å². The van der Waals surface area contributed by atoms with Gasteiger partial charge in [0, 0.05) is 12.6 Å². The van der Waals surface area contributed by atoms with Gasteiger partial charge in [-0.15, -0.1) is 0 Å². The maximum Gasteiger partial charge on any atom is 0.306 e. The van der Waals surface area contributed by atoms with Crippen LogP contribution in [0.3, 0.4) is 0 Å². The Labute approximate surface area is 91.7 Å². The van der Waals surface area contributed by atoms with Gasteiger partial charge in [-0.05, 0) is 32.7 Å². The van der Waals surface area contributed by atoms with Crippen LogP contribution in [0.2, 0.25) is 0 Å². The lowest BCUT2D eigenvalue weighted by Crippen LogP contribution is -2.27. The summed E-state index contributed by atoms with van der Waals surface area (Å²) in [4.78, 5) is 10.5. The molecule has 0 saturated heterocycles. The molecule has 0 aliphatic carbocycles. The zero-order valence-electron chi connectivity index (χ0n) is 9.70. The summed E-state index contributed by atoms with van der Waals surface area (Å²) in [6.45, 7) is 4.87. The minimum Gasteiger partial charge on any atom is -0.481 e. The Bertz CT molecular complexity index is 173. The number of hydrogen-bond acceptors (Lipinski definition) is 3. The first-order valence-electron chi connectivity index (χ1n) is 5.65. The van der Waals surface area contributed by atoms with Crippen LogP contribution >= 0.6 is 0 Å². The summed E-state index contributed by atoms with van der Waals surface area (Å²) in [6, 6.07) is 0.401. The van der Waals surface area contributed by atoms with E-state index in [9.17, 15) is 4.79 Å². The summed E-state index contributed by atoms with van der Waals surface area (Å²) in [5.41, 5.74) is 0. The molecule has 15 heavy (non-hydrogen) atoms. The van der Waals surface area contributed by atoms with E-state index in [-0.39, 0.29) is 12.5 Å². The molecule has 0 aromatic rings. The number of rotatable bonds is 9. The number of aliphatic hydroxyl groups is 1. The van der Waals surface area contributed by atoms with Gasteiger partial charge in [-0.25, -0.2) is 0 Å². The second kappa shape index (κ2) is 8.68. The van der Waals surface area contributed by atoms with Crippen LogP contribution in [0.5, 0.6) is 0 Å². The van der Waals surface area contributed by atoms with E-state index in [2.05, 4.69) is 12.2 Å². The van der Waals surface area contributed by atoms with Crippen LogP contribution in [-0.4, -0.2) is 35.4 Å². The zero-order chi connectivity index (χ0) is 11.7. The molecule has 0 aromatic carbocycles. The summed E-state index contributed by atoms with van der Waals surface area (Å²) in [5, 5.41) is 20.5. The van der Waals surface area contributed by atoms with Gasteiger partial charge >= 0.3 is 5.97 Å². The van der Waals surface area contributed by atoms with Crippen molar-refractivity contribution in [2.75, 3.05) is 13.2 Å². The van der Waals surface area contributed by atoms with E-state index in [1.54, 1.807) is 6.92 Å². The molecule has 0 aliphatic rings. The van der Waals surface area contributed by atoms with Crippen molar-refractivity contribution in [1.29, 1.82) is 0 Å². The molecule has 4 nitrogen and oxygen atoms in total. The molecular formula is C11H23NO3. The van der Waals surface area contributed by atoms with E-state index in [0.29, 0.717) is 6.04 Å². The molecule has 0 amide bonds. The highest BCUT2D eigenvalue weighted by atomic mass is 16.4. The summed E-state index contributed by atoms with van der Waals surface area (Å²) in [7, 11) is 0. The SMILES string of the molecule is CC(CCCC(C)C(=O)O)NCCCO. The van der Waals surface area contributed by atoms with E-state index in [0.717, 1.165) is 32.2 Å². The van der Waals surface area contributed by atoms with Crippen molar-refractivity contribution in [3.8, 4) is 0 Å². The van der Waals surface area contributed by atoms with Gasteiger partial charge in [0.05, 0.1) is 5.92 Å². The fourth-order valence-electron chi connectivity index (χ4n) is 1.38. The summed E-state index contributed by atoms with van der Waals surface area (Å²) < 4.78 is 0. The molecule has 0 fully saturated rings. The minimum absolute atomic E-state index is 0.218. The summed E-state index contributed by atoms with van der Waals surface area (Å²) in [6.07, 6.45) is 3.43. The third-order valence-electron chi connectivity index (χ3n) is 2.52. The first kappa shape index (κ1) is 14.4. The molecule has 2 unspecified atom stereocenters. The number of aliphatic carboxylic acids is 1. The van der Waals surface area contributed by atoms with Crippen LogP contribution in [0.15, 0.2) is 0 Å². The van der Waals surface area contributed by atoms with E-state index < -0.39 is 5.97 Å². The predicted molar refractivity (Wildman–Crippen MR) is 59.8 cm³/mol. The molecule has 3 N–H and O–H groups in total. The molecule has 0 heterocycles. The van der Waals surface area contributed by atoms with Crippen molar-refractivity contribution in [1.82, 2.24) is 5.32 Å². The summed E-state index contributed by atoms with van der Waals surface area (Å²) >= 11 is 0. The number of hydrogen-bond donors (Lipinski definition) is 3. The van der Waals surface area contributed by atoms with Crippen LogP contribution in [-0.2, 0) is 4.79 Å². The molecule has 2 atom stereocenters. The van der Waals surface area contributed by atoms with Crippen molar-refractivity contribution in [2.45, 2.75) is 45.6 Å². The van der Waals surface area contributed by atoms with E-state index >= 15 is 0 Å². The van der Waals surface area contributed by atoms with E-state index in [4.69, 9.17) is 10.2 Å². The highest BCUT2D eigenvalue weighted by Gasteiger charge is 2.10. The molecule has 0 saturated carbocycles.